The van der Waals surface area contributed by atoms with E-state index in [0.29, 0.717) is 30.2 Å². The van der Waals surface area contributed by atoms with E-state index in [-0.39, 0.29) is 6.61 Å². The highest BCUT2D eigenvalue weighted by atomic mass is 16.5. The lowest BCUT2D eigenvalue weighted by atomic mass is 10.1. The number of benzene rings is 3. The van der Waals surface area contributed by atoms with E-state index in [4.69, 9.17) is 19.2 Å². The first kappa shape index (κ1) is 20.8. The summed E-state index contributed by atoms with van der Waals surface area (Å²) in [6, 6.07) is 23.5. The molecule has 0 amide bonds. The van der Waals surface area contributed by atoms with Gasteiger partial charge in [-0.1, -0.05) is 42.5 Å². The van der Waals surface area contributed by atoms with Gasteiger partial charge in [0.15, 0.2) is 0 Å². The second kappa shape index (κ2) is 9.53. The van der Waals surface area contributed by atoms with Gasteiger partial charge in [-0.25, -0.2) is 4.98 Å². The van der Waals surface area contributed by atoms with Crippen molar-refractivity contribution in [2.45, 2.75) is 19.1 Å². The van der Waals surface area contributed by atoms with Gasteiger partial charge in [-0.3, -0.25) is 0 Å². The van der Waals surface area contributed by atoms with Crippen LogP contribution in [0, 0.1) is 0 Å². The molecule has 0 saturated heterocycles. The molecule has 1 heterocycles. The average molecular weight is 418 g/mol. The molecule has 0 saturated carbocycles. The van der Waals surface area contributed by atoms with Crippen LogP contribution in [0.5, 0.6) is 17.2 Å². The number of aliphatic hydroxyl groups is 1. The number of para-hydroxylation sites is 2. The van der Waals surface area contributed by atoms with E-state index in [1.807, 2.05) is 42.5 Å². The second-order valence-corrected chi connectivity index (χ2v) is 7.30. The molecule has 160 valence electrons. The molecular weight excluding hydrogens is 392 g/mol. The first-order chi connectivity index (χ1) is 15.2. The van der Waals surface area contributed by atoms with Crippen molar-refractivity contribution in [3.05, 3.63) is 84.2 Å². The normalized spacial score (nSPS) is 12.0. The number of methoxy groups -OCH3 is 2. The molecule has 0 aliphatic carbocycles. The van der Waals surface area contributed by atoms with E-state index in [2.05, 4.69) is 16.7 Å². The minimum atomic E-state index is -0.718. The predicted molar refractivity (Wildman–Crippen MR) is 120 cm³/mol. The van der Waals surface area contributed by atoms with Crippen LogP contribution >= 0.6 is 0 Å². The zero-order valence-electron chi connectivity index (χ0n) is 17.7. The Bertz CT molecular complexity index is 1120. The maximum absolute atomic E-state index is 10.7. The van der Waals surface area contributed by atoms with Gasteiger partial charge >= 0.3 is 0 Å². The van der Waals surface area contributed by atoms with Gasteiger partial charge in [0.05, 0.1) is 31.8 Å². The molecule has 31 heavy (non-hydrogen) atoms. The first-order valence-corrected chi connectivity index (χ1v) is 10.2. The molecule has 0 aliphatic rings. The molecule has 0 fully saturated rings. The molecule has 3 aromatic carbocycles. The van der Waals surface area contributed by atoms with Gasteiger partial charge in [0.2, 0.25) is 0 Å². The van der Waals surface area contributed by atoms with Crippen LogP contribution in [0.15, 0.2) is 72.8 Å². The summed E-state index contributed by atoms with van der Waals surface area (Å²) in [5.41, 5.74) is 3.09. The van der Waals surface area contributed by atoms with Crippen LogP contribution in [-0.2, 0) is 13.0 Å². The Labute approximate surface area is 181 Å². The Kier molecular flexibility index (Phi) is 6.38. The molecule has 1 atom stereocenters. The van der Waals surface area contributed by atoms with Crippen molar-refractivity contribution in [3.8, 4) is 17.2 Å². The summed E-state index contributed by atoms with van der Waals surface area (Å²) in [5.74, 6) is 2.76. The zero-order valence-corrected chi connectivity index (χ0v) is 17.7. The fourth-order valence-corrected chi connectivity index (χ4v) is 3.56. The van der Waals surface area contributed by atoms with Crippen molar-refractivity contribution in [2.75, 3.05) is 20.8 Å². The minimum absolute atomic E-state index is 0.133. The van der Waals surface area contributed by atoms with Crippen LogP contribution in [0.1, 0.15) is 11.4 Å². The standard InChI is InChI=1S/C25H26N2O4/c1-29-20-13-21(30-2)15-22(14-20)31-17-19(28)16-27-24-11-7-6-10-23(24)26-25(27)12-18-8-4-3-5-9-18/h3-11,13-15,19,28H,12,16-17H2,1-2H3/t19-/m0/s1. The maximum atomic E-state index is 10.7. The van der Waals surface area contributed by atoms with E-state index in [9.17, 15) is 5.11 Å². The third-order valence-corrected chi connectivity index (χ3v) is 5.10. The van der Waals surface area contributed by atoms with Crippen LogP contribution in [0.4, 0.5) is 0 Å². The number of hydrogen-bond acceptors (Lipinski definition) is 5. The van der Waals surface area contributed by atoms with Gasteiger partial charge in [-0.15, -0.1) is 0 Å². The lowest BCUT2D eigenvalue weighted by Crippen LogP contribution is -2.24. The lowest BCUT2D eigenvalue weighted by molar-refractivity contribution is 0.0925. The molecule has 1 N–H and O–H groups in total. The quantitative estimate of drug-likeness (QED) is 0.444. The van der Waals surface area contributed by atoms with E-state index in [0.717, 1.165) is 16.9 Å². The average Bonchev–Trinajstić information content (AvgIpc) is 3.14. The number of aromatic nitrogens is 2. The van der Waals surface area contributed by atoms with Gasteiger partial charge < -0.3 is 23.9 Å². The third-order valence-electron chi connectivity index (χ3n) is 5.10. The van der Waals surface area contributed by atoms with Crippen molar-refractivity contribution in [1.29, 1.82) is 0 Å². The molecule has 6 nitrogen and oxygen atoms in total. The van der Waals surface area contributed by atoms with Crippen molar-refractivity contribution in [1.82, 2.24) is 9.55 Å². The Morgan fingerprint density at radius 3 is 2.23 bits per heavy atom. The third kappa shape index (κ3) is 4.98. The van der Waals surface area contributed by atoms with Gasteiger partial charge in [-0.05, 0) is 17.7 Å². The number of rotatable bonds is 9. The largest absolute Gasteiger partial charge is 0.496 e. The Hall–Kier alpha value is -3.51. The summed E-state index contributed by atoms with van der Waals surface area (Å²) in [4.78, 5) is 4.80. The molecule has 4 rings (SSSR count). The van der Waals surface area contributed by atoms with Crippen LogP contribution in [0.2, 0.25) is 0 Å². The number of aliphatic hydroxyl groups excluding tert-OH is 1. The lowest BCUT2D eigenvalue weighted by Gasteiger charge is -2.16. The summed E-state index contributed by atoms with van der Waals surface area (Å²) in [5, 5.41) is 10.7. The van der Waals surface area contributed by atoms with Crippen LogP contribution in [0.25, 0.3) is 11.0 Å². The Morgan fingerprint density at radius 2 is 1.52 bits per heavy atom. The van der Waals surface area contributed by atoms with Crippen LogP contribution < -0.4 is 14.2 Å². The van der Waals surface area contributed by atoms with Crippen molar-refractivity contribution in [3.63, 3.8) is 0 Å². The summed E-state index contributed by atoms with van der Waals surface area (Å²) in [6.07, 6.45) is -0.0276. The van der Waals surface area contributed by atoms with Crippen molar-refractivity contribution < 1.29 is 19.3 Å². The van der Waals surface area contributed by atoms with Gasteiger partial charge in [0, 0.05) is 24.6 Å². The van der Waals surface area contributed by atoms with Gasteiger partial charge in [0.25, 0.3) is 0 Å². The Morgan fingerprint density at radius 1 is 0.871 bits per heavy atom. The monoisotopic (exact) mass is 418 g/mol. The Balaban J connectivity index is 1.52. The SMILES string of the molecule is COc1cc(OC)cc(OC[C@@H](O)Cn2c(Cc3ccccc3)nc3ccccc32)c1. The molecule has 0 spiro atoms. The molecule has 0 aliphatic heterocycles. The van der Waals surface area contributed by atoms with Gasteiger partial charge in [-0.2, -0.15) is 0 Å². The molecule has 6 heteroatoms. The first-order valence-electron chi connectivity index (χ1n) is 10.2. The summed E-state index contributed by atoms with van der Waals surface area (Å²) < 4.78 is 18.5. The molecule has 0 radical (unpaired) electrons. The van der Waals surface area contributed by atoms with E-state index in [1.165, 1.54) is 5.56 Å². The molecule has 0 bridgehead atoms. The van der Waals surface area contributed by atoms with E-state index < -0.39 is 6.10 Å². The fraction of sp³-hybridized carbons (Fsp3) is 0.240. The summed E-state index contributed by atoms with van der Waals surface area (Å²) in [7, 11) is 3.18. The maximum Gasteiger partial charge on any atom is 0.126 e. The van der Waals surface area contributed by atoms with Crippen molar-refractivity contribution >= 4 is 11.0 Å². The molecule has 1 aromatic heterocycles. The fourth-order valence-electron chi connectivity index (χ4n) is 3.56. The number of hydrogen-bond donors (Lipinski definition) is 1. The topological polar surface area (TPSA) is 65.7 Å². The number of fused-ring (bicyclic) bond motifs is 1. The minimum Gasteiger partial charge on any atom is -0.496 e. The molecular formula is C25H26N2O4. The van der Waals surface area contributed by atoms with E-state index >= 15 is 0 Å². The number of ether oxygens (including phenoxy) is 3. The summed E-state index contributed by atoms with van der Waals surface area (Å²) >= 11 is 0. The molecule has 0 unspecified atom stereocenters. The second-order valence-electron chi connectivity index (χ2n) is 7.30. The highest BCUT2D eigenvalue weighted by molar-refractivity contribution is 5.76. The summed E-state index contributed by atoms with van der Waals surface area (Å²) in [6.45, 7) is 0.511. The number of imidazole rings is 1. The zero-order chi connectivity index (χ0) is 21.6. The van der Waals surface area contributed by atoms with Crippen LogP contribution in [-0.4, -0.2) is 41.6 Å². The van der Waals surface area contributed by atoms with Crippen LogP contribution in [0.3, 0.4) is 0 Å². The van der Waals surface area contributed by atoms with Gasteiger partial charge in [0.1, 0.15) is 35.8 Å². The predicted octanol–water partition coefficient (Wildman–Crippen LogP) is 4.08. The smallest absolute Gasteiger partial charge is 0.126 e. The van der Waals surface area contributed by atoms with E-state index in [1.54, 1.807) is 32.4 Å². The highest BCUT2D eigenvalue weighted by Crippen LogP contribution is 2.27. The van der Waals surface area contributed by atoms with Crippen molar-refractivity contribution in [2.24, 2.45) is 0 Å². The number of nitrogens with zero attached hydrogens (tertiary/aromatic N) is 2. The highest BCUT2D eigenvalue weighted by Gasteiger charge is 2.15. The molecule has 4 aromatic rings.